The first-order valence-corrected chi connectivity index (χ1v) is 9.83. The largest absolute Gasteiger partial charge is 0.381 e. The van der Waals surface area contributed by atoms with Crippen molar-refractivity contribution in [2.45, 2.75) is 19.8 Å². The molecule has 3 aromatic heterocycles. The summed E-state index contributed by atoms with van der Waals surface area (Å²) in [6.45, 7) is 2.61. The number of hydrogen-bond acceptors (Lipinski definition) is 7. The molecule has 0 bridgehead atoms. The number of aromatic amines is 1. The minimum atomic E-state index is 0.254. The molecule has 0 saturated carbocycles. The van der Waals surface area contributed by atoms with E-state index in [0.29, 0.717) is 18.5 Å². The Labute approximate surface area is 166 Å². The van der Waals surface area contributed by atoms with Gasteiger partial charge in [-0.05, 0) is 25.3 Å². The van der Waals surface area contributed by atoms with E-state index in [1.807, 2.05) is 25.1 Å². The number of rotatable bonds is 6. The van der Waals surface area contributed by atoms with Gasteiger partial charge in [-0.3, -0.25) is 5.10 Å². The maximum absolute atomic E-state index is 9.17. The third kappa shape index (κ3) is 3.40. The van der Waals surface area contributed by atoms with Gasteiger partial charge in [-0.15, -0.1) is 11.3 Å². The number of nitrogen functional groups attached to an aromatic ring is 1. The van der Waals surface area contributed by atoms with Crippen LogP contribution in [0.5, 0.6) is 0 Å². The molecule has 0 atom stereocenters. The van der Waals surface area contributed by atoms with E-state index in [0.717, 1.165) is 45.1 Å². The summed E-state index contributed by atoms with van der Waals surface area (Å²) in [7, 11) is 0. The summed E-state index contributed by atoms with van der Waals surface area (Å²) < 4.78 is 0. The van der Waals surface area contributed by atoms with E-state index in [4.69, 9.17) is 11.0 Å². The molecule has 7 nitrogen and oxygen atoms in total. The van der Waals surface area contributed by atoms with E-state index >= 15 is 0 Å². The third-order valence-electron chi connectivity index (χ3n) is 4.51. The van der Waals surface area contributed by atoms with Crippen LogP contribution in [0, 0.1) is 18.3 Å². The summed E-state index contributed by atoms with van der Waals surface area (Å²) in [4.78, 5) is 10.2. The van der Waals surface area contributed by atoms with Gasteiger partial charge in [0.05, 0.1) is 11.1 Å². The first kappa shape index (κ1) is 17.9. The molecule has 8 heteroatoms. The highest BCUT2D eigenvalue weighted by atomic mass is 32.1. The van der Waals surface area contributed by atoms with Gasteiger partial charge in [0, 0.05) is 17.5 Å². The lowest BCUT2D eigenvalue weighted by atomic mass is 10.1. The second kappa shape index (κ2) is 7.66. The molecule has 0 aliphatic rings. The molecule has 4 rings (SSSR count). The molecule has 0 spiro atoms. The molecular weight excluding hydrogens is 370 g/mol. The maximum Gasteiger partial charge on any atom is 0.163 e. The predicted octanol–water partition coefficient (Wildman–Crippen LogP) is 3.89. The summed E-state index contributed by atoms with van der Waals surface area (Å²) in [6, 6.07) is 12.4. The van der Waals surface area contributed by atoms with Crippen LogP contribution >= 0.6 is 11.3 Å². The van der Waals surface area contributed by atoms with Gasteiger partial charge in [-0.25, -0.2) is 9.97 Å². The van der Waals surface area contributed by atoms with Crippen molar-refractivity contribution in [3.8, 4) is 17.2 Å². The molecular formula is C20H19N7S. The molecule has 4 N–H and O–H groups in total. The molecule has 4 aromatic rings. The van der Waals surface area contributed by atoms with Crippen molar-refractivity contribution >= 4 is 33.2 Å². The van der Waals surface area contributed by atoms with Crippen LogP contribution in [0.1, 0.15) is 23.5 Å². The number of nitrogens with zero attached hydrogens (tertiary/aromatic N) is 4. The monoisotopic (exact) mass is 389 g/mol. The van der Waals surface area contributed by atoms with Crippen molar-refractivity contribution in [2.75, 3.05) is 17.6 Å². The van der Waals surface area contributed by atoms with Crippen LogP contribution in [-0.4, -0.2) is 26.7 Å². The van der Waals surface area contributed by atoms with Crippen molar-refractivity contribution in [1.29, 1.82) is 5.26 Å². The van der Waals surface area contributed by atoms with Crippen LogP contribution in [0.25, 0.3) is 21.3 Å². The van der Waals surface area contributed by atoms with Crippen LogP contribution in [0.3, 0.4) is 0 Å². The average molecular weight is 389 g/mol. The SMILES string of the molecule is Cc1nc(NCCCc2[nH]nc(N)c2C#N)c2c(-c3ccccc3)csc2n1. The summed E-state index contributed by atoms with van der Waals surface area (Å²) >= 11 is 1.63. The number of thiophene rings is 1. The van der Waals surface area contributed by atoms with Gasteiger partial charge < -0.3 is 11.1 Å². The summed E-state index contributed by atoms with van der Waals surface area (Å²) in [5, 5.41) is 22.5. The fraction of sp³-hybridized carbons (Fsp3) is 0.200. The Morgan fingerprint density at radius 1 is 1.25 bits per heavy atom. The van der Waals surface area contributed by atoms with Gasteiger partial charge in [-0.1, -0.05) is 30.3 Å². The van der Waals surface area contributed by atoms with E-state index in [1.54, 1.807) is 11.3 Å². The second-order valence-corrected chi connectivity index (χ2v) is 7.28. The highest BCUT2D eigenvalue weighted by molar-refractivity contribution is 7.17. The van der Waals surface area contributed by atoms with Crippen molar-refractivity contribution in [1.82, 2.24) is 20.2 Å². The lowest BCUT2D eigenvalue weighted by Crippen LogP contribution is -2.07. The van der Waals surface area contributed by atoms with E-state index in [1.165, 1.54) is 0 Å². The van der Waals surface area contributed by atoms with Crippen LogP contribution < -0.4 is 11.1 Å². The number of nitrogens with two attached hydrogens (primary N) is 1. The van der Waals surface area contributed by atoms with E-state index in [-0.39, 0.29) is 5.82 Å². The fourth-order valence-corrected chi connectivity index (χ4v) is 4.17. The van der Waals surface area contributed by atoms with E-state index in [9.17, 15) is 0 Å². The smallest absolute Gasteiger partial charge is 0.163 e. The minimum absolute atomic E-state index is 0.254. The highest BCUT2D eigenvalue weighted by Gasteiger charge is 2.14. The number of nitriles is 1. The number of fused-ring (bicyclic) bond motifs is 1. The van der Waals surface area contributed by atoms with E-state index < -0.39 is 0 Å². The van der Waals surface area contributed by atoms with Crippen LogP contribution in [0.4, 0.5) is 11.6 Å². The first-order valence-electron chi connectivity index (χ1n) is 8.95. The zero-order valence-corrected chi connectivity index (χ0v) is 16.2. The second-order valence-electron chi connectivity index (χ2n) is 6.42. The van der Waals surface area contributed by atoms with Crippen LogP contribution in [0.2, 0.25) is 0 Å². The zero-order valence-electron chi connectivity index (χ0n) is 15.4. The number of anilines is 2. The van der Waals surface area contributed by atoms with Gasteiger partial charge in [0.2, 0.25) is 0 Å². The number of hydrogen-bond donors (Lipinski definition) is 3. The molecule has 140 valence electrons. The van der Waals surface area contributed by atoms with Gasteiger partial charge in [0.15, 0.2) is 5.82 Å². The van der Waals surface area contributed by atoms with Crippen LogP contribution in [0.15, 0.2) is 35.7 Å². The Hall–Kier alpha value is -3.44. The Kier molecular flexibility index (Phi) is 4.91. The Bertz CT molecular complexity index is 1150. The van der Waals surface area contributed by atoms with Gasteiger partial charge in [0.25, 0.3) is 0 Å². The summed E-state index contributed by atoms with van der Waals surface area (Å²) in [5.41, 5.74) is 9.18. The van der Waals surface area contributed by atoms with Crippen LogP contribution in [-0.2, 0) is 6.42 Å². The highest BCUT2D eigenvalue weighted by Crippen LogP contribution is 2.36. The Morgan fingerprint density at radius 3 is 2.86 bits per heavy atom. The molecule has 28 heavy (non-hydrogen) atoms. The third-order valence-corrected chi connectivity index (χ3v) is 5.38. The molecule has 0 radical (unpaired) electrons. The maximum atomic E-state index is 9.17. The zero-order chi connectivity index (χ0) is 19.5. The number of nitrogens with one attached hydrogen (secondary N) is 2. The molecule has 3 heterocycles. The lowest BCUT2D eigenvalue weighted by Gasteiger charge is -2.09. The fourth-order valence-electron chi connectivity index (χ4n) is 3.18. The Balaban J connectivity index is 1.55. The topological polar surface area (TPSA) is 116 Å². The van der Waals surface area contributed by atoms with Crippen molar-refractivity contribution in [2.24, 2.45) is 0 Å². The molecule has 0 unspecified atom stereocenters. The minimum Gasteiger partial charge on any atom is -0.381 e. The standard InChI is InChI=1S/C20H19N7S/c1-12-24-19(23-9-5-8-16-14(10-21)18(22)27-26-16)17-15(11-28-20(17)25-12)13-6-3-2-4-7-13/h2-4,6-7,11H,5,8-9H2,1H3,(H3,22,26,27)(H,23,24,25). The molecule has 0 aliphatic heterocycles. The van der Waals surface area contributed by atoms with E-state index in [2.05, 4.69) is 49.1 Å². The molecule has 0 fully saturated rings. The number of H-pyrrole nitrogens is 1. The van der Waals surface area contributed by atoms with Gasteiger partial charge in [-0.2, -0.15) is 10.4 Å². The van der Waals surface area contributed by atoms with Gasteiger partial charge in [0.1, 0.15) is 28.1 Å². The van der Waals surface area contributed by atoms with Crippen molar-refractivity contribution < 1.29 is 0 Å². The number of aromatic nitrogens is 4. The Morgan fingerprint density at radius 2 is 2.07 bits per heavy atom. The average Bonchev–Trinajstić information content (AvgIpc) is 3.29. The lowest BCUT2D eigenvalue weighted by molar-refractivity contribution is 0.822. The van der Waals surface area contributed by atoms with Gasteiger partial charge >= 0.3 is 0 Å². The molecule has 0 amide bonds. The number of aryl methyl sites for hydroxylation is 2. The number of benzene rings is 1. The summed E-state index contributed by atoms with van der Waals surface area (Å²) in [5.74, 6) is 1.83. The molecule has 1 aromatic carbocycles. The predicted molar refractivity (Wildman–Crippen MR) is 112 cm³/mol. The normalized spacial score (nSPS) is 10.9. The molecule has 0 aliphatic carbocycles. The quantitative estimate of drug-likeness (QED) is 0.431. The molecule has 0 saturated heterocycles. The van der Waals surface area contributed by atoms with Crippen molar-refractivity contribution in [3.63, 3.8) is 0 Å². The van der Waals surface area contributed by atoms with Crippen molar-refractivity contribution in [3.05, 3.63) is 52.8 Å². The summed E-state index contributed by atoms with van der Waals surface area (Å²) in [6.07, 6.45) is 1.49. The first-order chi connectivity index (χ1) is 13.7.